The van der Waals surface area contributed by atoms with Gasteiger partial charge in [0.25, 0.3) is 5.91 Å². The highest BCUT2D eigenvalue weighted by Gasteiger charge is 2.23. The van der Waals surface area contributed by atoms with E-state index in [-0.39, 0.29) is 11.6 Å². The monoisotopic (exact) mass is 373 g/mol. The van der Waals surface area contributed by atoms with E-state index >= 15 is 0 Å². The van der Waals surface area contributed by atoms with Crippen LogP contribution in [0.3, 0.4) is 0 Å². The maximum atomic E-state index is 13.6. The molecule has 2 aromatic rings. The maximum absolute atomic E-state index is 13.6. The van der Waals surface area contributed by atoms with Crippen LogP contribution in [0.15, 0.2) is 30.3 Å². The molecule has 0 saturated heterocycles. The lowest BCUT2D eigenvalue weighted by atomic mass is 9.99. The number of methoxy groups -OCH3 is 2. The third-order valence-electron chi connectivity index (χ3n) is 4.49. The van der Waals surface area contributed by atoms with E-state index in [1.807, 2.05) is 12.1 Å². The van der Waals surface area contributed by atoms with Crippen LogP contribution in [0.1, 0.15) is 21.5 Å². The molecule has 2 aromatic carbocycles. The number of carbonyl (C=O) groups is 2. The highest BCUT2D eigenvalue weighted by atomic mass is 19.1. The fourth-order valence-corrected chi connectivity index (χ4v) is 3.05. The molecule has 0 radical (unpaired) electrons. The number of nitrogens with one attached hydrogen (secondary N) is 1. The van der Waals surface area contributed by atoms with E-state index < -0.39 is 11.7 Å². The number of hydrogen-bond acceptors (Lipinski definition) is 4. The lowest BCUT2D eigenvalue weighted by molar-refractivity contribution is 0.0996. The number of nitrogens with two attached hydrogens (primary N) is 1. The number of hydrogen-bond donors (Lipinski definition) is 2. The maximum Gasteiger partial charge on any atom is 0.322 e. The molecule has 0 bridgehead atoms. The average molecular weight is 373 g/mol. The van der Waals surface area contributed by atoms with Gasteiger partial charge in [0.15, 0.2) is 11.5 Å². The molecule has 0 saturated carbocycles. The summed E-state index contributed by atoms with van der Waals surface area (Å²) in [5.74, 6) is -0.368. The highest BCUT2D eigenvalue weighted by molar-refractivity contribution is 5.96. The molecular formula is C19H20FN3O4. The second kappa shape index (κ2) is 7.53. The van der Waals surface area contributed by atoms with Crippen molar-refractivity contribution in [1.29, 1.82) is 0 Å². The van der Waals surface area contributed by atoms with Crippen molar-refractivity contribution in [2.45, 2.75) is 13.0 Å². The van der Waals surface area contributed by atoms with Gasteiger partial charge in [-0.15, -0.1) is 0 Å². The summed E-state index contributed by atoms with van der Waals surface area (Å²) >= 11 is 0. The van der Waals surface area contributed by atoms with Crippen molar-refractivity contribution in [3.8, 4) is 11.5 Å². The first kappa shape index (κ1) is 18.5. The van der Waals surface area contributed by atoms with Crippen LogP contribution in [0, 0.1) is 5.82 Å². The van der Waals surface area contributed by atoms with Crippen LogP contribution in [-0.2, 0) is 13.0 Å². The molecule has 1 heterocycles. The Morgan fingerprint density at radius 2 is 1.78 bits per heavy atom. The zero-order valence-electron chi connectivity index (χ0n) is 15.0. The Bertz CT molecular complexity index is 901. The number of carbonyl (C=O) groups excluding carboxylic acids is 2. The van der Waals surface area contributed by atoms with Crippen molar-refractivity contribution >= 4 is 17.6 Å². The van der Waals surface area contributed by atoms with Gasteiger partial charge in [-0.1, -0.05) is 0 Å². The number of fused-ring (bicyclic) bond motifs is 1. The predicted octanol–water partition coefficient (Wildman–Crippen LogP) is 2.53. The minimum absolute atomic E-state index is 0.270. The molecule has 0 spiro atoms. The van der Waals surface area contributed by atoms with E-state index in [4.69, 9.17) is 15.2 Å². The minimum Gasteiger partial charge on any atom is -0.493 e. The Kier molecular flexibility index (Phi) is 5.16. The number of anilines is 1. The SMILES string of the molecule is COc1cc2c(cc1OC)CN(C(=O)Nc1ccc(F)c(C(N)=O)c1)CC2. The predicted molar refractivity (Wildman–Crippen MR) is 97.6 cm³/mol. The van der Waals surface area contributed by atoms with Gasteiger partial charge >= 0.3 is 6.03 Å². The molecule has 1 aliphatic heterocycles. The van der Waals surface area contributed by atoms with Crippen LogP contribution >= 0.6 is 0 Å². The molecule has 142 valence electrons. The van der Waals surface area contributed by atoms with E-state index in [9.17, 15) is 14.0 Å². The number of urea groups is 1. The number of rotatable bonds is 4. The summed E-state index contributed by atoms with van der Waals surface area (Å²) in [7, 11) is 3.14. The number of amides is 3. The van der Waals surface area contributed by atoms with Gasteiger partial charge in [-0.2, -0.15) is 0 Å². The number of ether oxygens (including phenoxy) is 2. The van der Waals surface area contributed by atoms with E-state index in [0.717, 1.165) is 17.2 Å². The fourth-order valence-electron chi connectivity index (χ4n) is 3.05. The van der Waals surface area contributed by atoms with Gasteiger partial charge in [-0.05, 0) is 47.9 Å². The summed E-state index contributed by atoms with van der Waals surface area (Å²) in [6, 6.07) is 7.13. The Labute approximate surface area is 155 Å². The van der Waals surface area contributed by atoms with Crippen LogP contribution < -0.4 is 20.5 Å². The van der Waals surface area contributed by atoms with Crippen LogP contribution in [-0.4, -0.2) is 37.6 Å². The van der Waals surface area contributed by atoms with Gasteiger partial charge in [-0.25, -0.2) is 9.18 Å². The molecular weight excluding hydrogens is 353 g/mol. The smallest absolute Gasteiger partial charge is 0.322 e. The highest BCUT2D eigenvalue weighted by Crippen LogP contribution is 2.33. The van der Waals surface area contributed by atoms with Crippen molar-refractivity contribution < 1.29 is 23.5 Å². The van der Waals surface area contributed by atoms with E-state index in [0.29, 0.717) is 36.7 Å². The molecule has 3 rings (SSSR count). The molecule has 27 heavy (non-hydrogen) atoms. The second-order valence-electron chi connectivity index (χ2n) is 6.14. The third-order valence-corrected chi connectivity index (χ3v) is 4.49. The molecule has 1 aliphatic rings. The van der Waals surface area contributed by atoms with E-state index in [1.54, 1.807) is 19.1 Å². The lowest BCUT2D eigenvalue weighted by Crippen LogP contribution is -2.39. The average Bonchev–Trinajstić information content (AvgIpc) is 2.67. The summed E-state index contributed by atoms with van der Waals surface area (Å²) in [6.45, 7) is 0.906. The molecule has 7 nitrogen and oxygen atoms in total. The van der Waals surface area contributed by atoms with E-state index in [2.05, 4.69) is 5.32 Å². The van der Waals surface area contributed by atoms with Crippen LogP contribution in [0.2, 0.25) is 0 Å². The van der Waals surface area contributed by atoms with E-state index in [1.165, 1.54) is 12.1 Å². The molecule has 0 fully saturated rings. The normalized spacial score (nSPS) is 12.9. The quantitative estimate of drug-likeness (QED) is 0.861. The molecule has 3 amide bonds. The molecule has 0 aliphatic carbocycles. The second-order valence-corrected chi connectivity index (χ2v) is 6.14. The molecule has 0 unspecified atom stereocenters. The van der Waals surface area contributed by atoms with Crippen LogP contribution in [0.5, 0.6) is 11.5 Å². The summed E-state index contributed by atoms with van der Waals surface area (Å²) in [6.07, 6.45) is 0.666. The molecule has 0 atom stereocenters. The number of primary amides is 1. The van der Waals surface area contributed by atoms with Crippen LogP contribution in [0.4, 0.5) is 14.9 Å². The lowest BCUT2D eigenvalue weighted by Gasteiger charge is -2.29. The van der Waals surface area contributed by atoms with Crippen molar-refractivity contribution in [3.63, 3.8) is 0 Å². The van der Waals surface area contributed by atoms with Gasteiger partial charge in [0, 0.05) is 18.8 Å². The topological polar surface area (TPSA) is 93.9 Å². The van der Waals surface area contributed by atoms with Crippen molar-refractivity contribution in [2.75, 3.05) is 26.1 Å². The Balaban J connectivity index is 1.76. The summed E-state index contributed by atoms with van der Waals surface area (Å²) in [5, 5.41) is 2.67. The van der Waals surface area contributed by atoms with Crippen molar-refractivity contribution in [2.24, 2.45) is 5.73 Å². The van der Waals surface area contributed by atoms with Gasteiger partial charge in [0.1, 0.15) is 5.82 Å². The first-order chi connectivity index (χ1) is 12.9. The summed E-state index contributed by atoms with van der Waals surface area (Å²) in [5.41, 5.74) is 7.22. The molecule has 8 heteroatoms. The number of nitrogens with zero attached hydrogens (tertiary/aromatic N) is 1. The molecule has 0 aromatic heterocycles. The largest absolute Gasteiger partial charge is 0.493 e. The Morgan fingerprint density at radius 3 is 2.41 bits per heavy atom. The van der Waals surface area contributed by atoms with Crippen molar-refractivity contribution in [3.05, 3.63) is 52.8 Å². The minimum atomic E-state index is -0.892. The Hall–Kier alpha value is -3.29. The molecule has 3 N–H and O–H groups in total. The summed E-state index contributed by atoms with van der Waals surface area (Å²) in [4.78, 5) is 25.4. The first-order valence-electron chi connectivity index (χ1n) is 8.32. The standard InChI is InChI=1S/C19H20FN3O4/c1-26-16-7-11-5-6-23(10-12(11)8-17(16)27-2)19(25)22-13-3-4-15(20)14(9-13)18(21)24/h3-4,7-9H,5-6,10H2,1-2H3,(H2,21,24)(H,22,25). The van der Waals surface area contributed by atoms with Gasteiger partial charge in [-0.3, -0.25) is 4.79 Å². The fraction of sp³-hybridized carbons (Fsp3) is 0.263. The van der Waals surface area contributed by atoms with Crippen LogP contribution in [0.25, 0.3) is 0 Å². The zero-order chi connectivity index (χ0) is 19.6. The third kappa shape index (κ3) is 3.79. The van der Waals surface area contributed by atoms with Gasteiger partial charge in [0.05, 0.1) is 19.8 Å². The number of benzene rings is 2. The van der Waals surface area contributed by atoms with Crippen molar-refractivity contribution in [1.82, 2.24) is 4.90 Å². The summed E-state index contributed by atoms with van der Waals surface area (Å²) < 4.78 is 24.2. The van der Waals surface area contributed by atoms with Gasteiger partial charge in [0.2, 0.25) is 0 Å². The first-order valence-corrected chi connectivity index (χ1v) is 8.32. The number of halogens is 1. The zero-order valence-corrected chi connectivity index (χ0v) is 15.0. The van der Waals surface area contributed by atoms with Gasteiger partial charge < -0.3 is 25.4 Å². The Morgan fingerprint density at radius 1 is 1.11 bits per heavy atom.